The van der Waals surface area contributed by atoms with Gasteiger partial charge in [0.1, 0.15) is 0 Å². The molecule has 2 aliphatic heterocycles. The summed E-state index contributed by atoms with van der Waals surface area (Å²) in [7, 11) is -2.96. The van der Waals surface area contributed by atoms with Gasteiger partial charge in [-0.3, -0.25) is 9.69 Å². The number of ether oxygens (including phenoxy) is 1. The zero-order valence-corrected chi connectivity index (χ0v) is 14.6. The second-order valence-corrected chi connectivity index (χ2v) is 8.75. The second-order valence-electron chi connectivity index (χ2n) is 6.45. The van der Waals surface area contributed by atoms with Crippen LogP contribution in [0, 0.1) is 0 Å². The fourth-order valence-electron chi connectivity index (χ4n) is 3.17. The number of nitrogens with zero attached hydrogens (tertiary/aromatic N) is 2. The number of benzene rings is 1. The molecule has 0 N–H and O–H groups in total. The molecule has 0 radical (unpaired) electrons. The lowest BCUT2D eigenvalue weighted by molar-refractivity contribution is -0.136. The predicted molar refractivity (Wildman–Crippen MR) is 91.3 cm³/mol. The largest absolute Gasteiger partial charge is 0.375 e. The molecule has 0 unspecified atom stereocenters. The summed E-state index contributed by atoms with van der Waals surface area (Å²) in [4.78, 5) is 16.3. The zero-order chi connectivity index (χ0) is 17.0. The van der Waals surface area contributed by atoms with Gasteiger partial charge in [0.25, 0.3) is 0 Å². The minimum Gasteiger partial charge on any atom is -0.375 e. The molecule has 132 valence electrons. The zero-order valence-electron chi connectivity index (χ0n) is 13.8. The standard InChI is InChI=1S/C17H24N2O4S/c20-17(19-7-10-24(21,22)11-8-19)12-16-14-18(6-9-23-16)13-15-4-2-1-3-5-15/h1-5,16H,6-14H2/t16-/m1/s1. The van der Waals surface area contributed by atoms with Gasteiger partial charge in [0.05, 0.1) is 30.6 Å². The summed E-state index contributed by atoms with van der Waals surface area (Å²) in [6.07, 6.45) is 0.208. The molecule has 1 aromatic rings. The normalized spacial score (nSPS) is 24.7. The van der Waals surface area contributed by atoms with Gasteiger partial charge in [0.2, 0.25) is 5.91 Å². The van der Waals surface area contributed by atoms with E-state index in [1.54, 1.807) is 4.90 Å². The van der Waals surface area contributed by atoms with Crippen molar-refractivity contribution in [1.82, 2.24) is 9.80 Å². The van der Waals surface area contributed by atoms with E-state index < -0.39 is 9.84 Å². The van der Waals surface area contributed by atoms with Crippen LogP contribution in [-0.4, -0.2) is 74.5 Å². The summed E-state index contributed by atoms with van der Waals surface area (Å²) < 4.78 is 28.7. The van der Waals surface area contributed by atoms with Gasteiger partial charge in [0.15, 0.2) is 9.84 Å². The van der Waals surface area contributed by atoms with Gasteiger partial charge < -0.3 is 9.64 Å². The number of carbonyl (C=O) groups excluding carboxylic acids is 1. The molecule has 2 saturated heterocycles. The maximum Gasteiger partial charge on any atom is 0.225 e. The first-order valence-corrected chi connectivity index (χ1v) is 10.2. The number of rotatable bonds is 4. The Morgan fingerprint density at radius 3 is 2.54 bits per heavy atom. The summed E-state index contributed by atoms with van der Waals surface area (Å²) in [5.74, 6) is 0.144. The Balaban J connectivity index is 1.49. The average molecular weight is 352 g/mol. The van der Waals surface area contributed by atoms with Crippen LogP contribution < -0.4 is 0 Å². The highest BCUT2D eigenvalue weighted by Gasteiger charge is 2.28. The number of hydrogen-bond donors (Lipinski definition) is 0. The van der Waals surface area contributed by atoms with Crippen LogP contribution in [0.5, 0.6) is 0 Å². The lowest BCUT2D eigenvalue weighted by Gasteiger charge is -2.34. The van der Waals surface area contributed by atoms with E-state index in [1.165, 1.54) is 5.56 Å². The molecule has 0 saturated carbocycles. The van der Waals surface area contributed by atoms with Crippen molar-refractivity contribution < 1.29 is 17.9 Å². The minimum absolute atomic E-state index is 0.00328. The molecule has 2 fully saturated rings. The first-order valence-electron chi connectivity index (χ1n) is 8.38. The van der Waals surface area contributed by atoms with Gasteiger partial charge >= 0.3 is 0 Å². The highest BCUT2D eigenvalue weighted by Crippen LogP contribution is 2.15. The number of amides is 1. The van der Waals surface area contributed by atoms with Gasteiger partial charge in [0, 0.05) is 32.7 Å². The molecule has 6 nitrogen and oxygen atoms in total. The molecule has 0 aromatic heterocycles. The fraction of sp³-hybridized carbons (Fsp3) is 0.588. The molecule has 1 aromatic carbocycles. The van der Waals surface area contributed by atoms with Crippen molar-refractivity contribution in [1.29, 1.82) is 0 Å². The van der Waals surface area contributed by atoms with E-state index in [-0.39, 0.29) is 23.5 Å². The monoisotopic (exact) mass is 352 g/mol. The van der Waals surface area contributed by atoms with Crippen LogP contribution >= 0.6 is 0 Å². The van der Waals surface area contributed by atoms with Crippen LogP contribution in [-0.2, 0) is 25.9 Å². The molecule has 1 amide bonds. The summed E-state index contributed by atoms with van der Waals surface area (Å²) in [6.45, 7) is 3.69. The SMILES string of the molecule is O=C(C[C@@H]1CN(Cc2ccccc2)CCO1)N1CCS(=O)(=O)CC1. The van der Waals surface area contributed by atoms with E-state index in [0.29, 0.717) is 26.1 Å². The lowest BCUT2D eigenvalue weighted by atomic mass is 10.1. The van der Waals surface area contributed by atoms with Crippen LogP contribution in [0.15, 0.2) is 30.3 Å². The number of morpholine rings is 1. The Labute approximate surface area is 143 Å². The molecule has 0 bridgehead atoms. The van der Waals surface area contributed by atoms with Gasteiger partial charge in [-0.25, -0.2) is 8.42 Å². The number of carbonyl (C=O) groups is 1. The van der Waals surface area contributed by atoms with Crippen molar-refractivity contribution in [3.63, 3.8) is 0 Å². The van der Waals surface area contributed by atoms with E-state index in [2.05, 4.69) is 17.0 Å². The van der Waals surface area contributed by atoms with Crippen molar-refractivity contribution >= 4 is 15.7 Å². The molecule has 0 spiro atoms. The van der Waals surface area contributed by atoms with Crippen LogP contribution in [0.3, 0.4) is 0 Å². The lowest BCUT2D eigenvalue weighted by Crippen LogP contribution is -2.47. The third kappa shape index (κ3) is 4.78. The van der Waals surface area contributed by atoms with Crippen molar-refractivity contribution in [2.45, 2.75) is 19.1 Å². The van der Waals surface area contributed by atoms with Gasteiger partial charge in [-0.2, -0.15) is 0 Å². The van der Waals surface area contributed by atoms with Gasteiger partial charge in [-0.15, -0.1) is 0 Å². The summed E-state index contributed by atoms with van der Waals surface area (Å²) in [5, 5.41) is 0. The van der Waals surface area contributed by atoms with Crippen molar-refractivity contribution in [2.24, 2.45) is 0 Å². The Morgan fingerprint density at radius 2 is 1.83 bits per heavy atom. The summed E-state index contributed by atoms with van der Waals surface area (Å²) in [5.41, 5.74) is 1.26. The number of hydrogen-bond acceptors (Lipinski definition) is 5. The highest BCUT2D eigenvalue weighted by atomic mass is 32.2. The Bertz CT molecular complexity index is 648. The maximum atomic E-state index is 12.4. The van der Waals surface area contributed by atoms with Crippen molar-refractivity contribution in [2.75, 3.05) is 44.3 Å². The molecule has 7 heteroatoms. The molecule has 3 rings (SSSR count). The van der Waals surface area contributed by atoms with Crippen LogP contribution in [0.2, 0.25) is 0 Å². The summed E-state index contributed by atoms with van der Waals surface area (Å²) in [6, 6.07) is 10.3. The average Bonchev–Trinajstić information content (AvgIpc) is 2.56. The maximum absolute atomic E-state index is 12.4. The molecule has 2 aliphatic rings. The third-order valence-electron chi connectivity index (χ3n) is 4.57. The second kappa shape index (κ2) is 7.63. The van der Waals surface area contributed by atoms with Gasteiger partial charge in [-0.1, -0.05) is 30.3 Å². The number of sulfone groups is 1. The molecule has 0 aliphatic carbocycles. The quantitative estimate of drug-likeness (QED) is 0.791. The Hall–Kier alpha value is -1.44. The van der Waals surface area contributed by atoms with Crippen molar-refractivity contribution in [3.8, 4) is 0 Å². The van der Waals surface area contributed by atoms with Crippen molar-refractivity contribution in [3.05, 3.63) is 35.9 Å². The van der Waals surface area contributed by atoms with E-state index in [9.17, 15) is 13.2 Å². The smallest absolute Gasteiger partial charge is 0.225 e. The molecular weight excluding hydrogens is 328 g/mol. The van der Waals surface area contributed by atoms with E-state index in [1.807, 2.05) is 18.2 Å². The third-order valence-corrected chi connectivity index (χ3v) is 6.18. The fourth-order valence-corrected chi connectivity index (χ4v) is 4.38. The Morgan fingerprint density at radius 1 is 1.12 bits per heavy atom. The Kier molecular flexibility index (Phi) is 5.53. The van der Waals surface area contributed by atoms with E-state index in [4.69, 9.17) is 4.74 Å². The summed E-state index contributed by atoms with van der Waals surface area (Å²) >= 11 is 0. The van der Waals surface area contributed by atoms with E-state index >= 15 is 0 Å². The van der Waals surface area contributed by atoms with E-state index in [0.717, 1.165) is 19.6 Å². The van der Waals surface area contributed by atoms with Gasteiger partial charge in [-0.05, 0) is 5.56 Å². The first kappa shape index (κ1) is 17.4. The van der Waals surface area contributed by atoms with Crippen LogP contribution in [0.1, 0.15) is 12.0 Å². The topological polar surface area (TPSA) is 66.9 Å². The molecule has 1 atom stereocenters. The first-order chi connectivity index (χ1) is 11.5. The molecule has 24 heavy (non-hydrogen) atoms. The highest BCUT2D eigenvalue weighted by molar-refractivity contribution is 7.91. The van der Waals surface area contributed by atoms with Crippen LogP contribution in [0.4, 0.5) is 0 Å². The molecule has 2 heterocycles. The molecular formula is C17H24N2O4S. The predicted octanol–water partition coefficient (Wildman–Crippen LogP) is 0.535. The minimum atomic E-state index is -2.96. The van der Waals surface area contributed by atoms with Crippen LogP contribution in [0.25, 0.3) is 0 Å².